The number of aryl methyl sites for hydroxylation is 5. The summed E-state index contributed by atoms with van der Waals surface area (Å²) in [5.41, 5.74) is 5.28. The van der Waals surface area contributed by atoms with Crippen LogP contribution in [0, 0.1) is 6.92 Å². The highest BCUT2D eigenvalue weighted by molar-refractivity contribution is 5.76. The molecule has 1 aliphatic carbocycles. The summed E-state index contributed by atoms with van der Waals surface area (Å²) >= 11 is 0. The quantitative estimate of drug-likeness (QED) is 0.452. The molecule has 1 aromatic carbocycles. The molecule has 0 fully saturated rings. The Hall–Kier alpha value is -3.28. The molecule has 0 unspecified atom stereocenters. The van der Waals surface area contributed by atoms with E-state index in [1.807, 2.05) is 40.7 Å². The van der Waals surface area contributed by atoms with Crippen LogP contribution in [0.5, 0.6) is 0 Å². The molecule has 0 saturated carbocycles. The van der Waals surface area contributed by atoms with Gasteiger partial charge in [0.15, 0.2) is 0 Å². The zero-order chi connectivity index (χ0) is 23.3. The smallest absolute Gasteiger partial charge is 0.249 e. The van der Waals surface area contributed by atoms with Gasteiger partial charge in [0.2, 0.25) is 5.56 Å². The van der Waals surface area contributed by atoms with Gasteiger partial charge < -0.3 is 9.51 Å². The average molecular weight is 435 g/mol. The second-order valence-electron chi connectivity index (χ2n) is 6.96. The van der Waals surface area contributed by atoms with Gasteiger partial charge in [-0.05, 0) is 49.8 Å². The number of hydrogen-bond donors (Lipinski definition) is 1. The van der Waals surface area contributed by atoms with E-state index in [9.17, 15) is 4.79 Å². The van der Waals surface area contributed by atoms with Crippen LogP contribution in [0.15, 0.2) is 58.1 Å². The number of nitrogens with one attached hydrogen (secondary N) is 1. The standard InChI is InChI=1S/C13H12N4O2.C9H10.2C2H6/c1-8-6-9(19-17-8)2-4-11-10-3-5-12(18)16-13(10)15-7-14-11;1-2-5-9-7-3-6-8(9)4-1;2*1-2/h3,5-7H,2,4H2,1H3,(H,14,15,16,18);1-2,4-5H,3,6-7H2;2*1-2H3. The Morgan fingerprint density at radius 1 is 0.938 bits per heavy atom. The molecule has 6 nitrogen and oxygen atoms in total. The first-order valence-electron chi connectivity index (χ1n) is 11.5. The summed E-state index contributed by atoms with van der Waals surface area (Å²) in [5.74, 6) is 0.827. The van der Waals surface area contributed by atoms with Gasteiger partial charge in [-0.2, -0.15) is 0 Å². The van der Waals surface area contributed by atoms with E-state index in [1.165, 1.54) is 31.7 Å². The van der Waals surface area contributed by atoms with Crippen molar-refractivity contribution >= 4 is 11.0 Å². The second kappa shape index (κ2) is 13.2. The lowest BCUT2D eigenvalue weighted by molar-refractivity contribution is 0.379. The van der Waals surface area contributed by atoms with Crippen molar-refractivity contribution in [1.29, 1.82) is 0 Å². The molecule has 4 aromatic rings. The molecule has 0 radical (unpaired) electrons. The molecular formula is C26H34N4O2. The normalized spacial score (nSPS) is 11.3. The molecule has 3 aromatic heterocycles. The van der Waals surface area contributed by atoms with Crippen molar-refractivity contribution < 1.29 is 4.52 Å². The zero-order valence-corrected chi connectivity index (χ0v) is 19.8. The molecule has 6 heteroatoms. The summed E-state index contributed by atoms with van der Waals surface area (Å²) in [6.45, 7) is 9.89. The van der Waals surface area contributed by atoms with Gasteiger partial charge in [0.1, 0.15) is 17.7 Å². The summed E-state index contributed by atoms with van der Waals surface area (Å²) in [6.07, 6.45) is 6.84. The first kappa shape index (κ1) is 25.0. The molecule has 0 amide bonds. The molecule has 0 saturated heterocycles. The topological polar surface area (TPSA) is 84.7 Å². The van der Waals surface area contributed by atoms with Crippen LogP contribution in [0.3, 0.4) is 0 Å². The van der Waals surface area contributed by atoms with E-state index in [0.29, 0.717) is 18.5 Å². The van der Waals surface area contributed by atoms with Crippen LogP contribution in [-0.2, 0) is 25.7 Å². The van der Waals surface area contributed by atoms with Gasteiger partial charge in [-0.3, -0.25) is 4.79 Å². The Bertz CT molecular complexity index is 1120. The monoisotopic (exact) mass is 434 g/mol. The van der Waals surface area contributed by atoms with Gasteiger partial charge in [0.05, 0.1) is 11.4 Å². The second-order valence-corrected chi connectivity index (χ2v) is 6.96. The number of aromatic amines is 1. The maximum Gasteiger partial charge on any atom is 0.249 e. The molecule has 1 N–H and O–H groups in total. The van der Waals surface area contributed by atoms with Crippen LogP contribution < -0.4 is 5.56 Å². The minimum absolute atomic E-state index is 0.164. The van der Waals surface area contributed by atoms with E-state index < -0.39 is 0 Å². The Kier molecular flexibility index (Phi) is 10.3. The fraction of sp³-hybridized carbons (Fsp3) is 0.385. The van der Waals surface area contributed by atoms with Crippen molar-refractivity contribution in [1.82, 2.24) is 20.1 Å². The number of hydrogen-bond acceptors (Lipinski definition) is 5. The number of pyridine rings is 1. The minimum Gasteiger partial charge on any atom is -0.361 e. The van der Waals surface area contributed by atoms with E-state index in [0.717, 1.165) is 22.5 Å². The molecule has 170 valence electrons. The van der Waals surface area contributed by atoms with Gasteiger partial charge in [0, 0.05) is 23.9 Å². The summed E-state index contributed by atoms with van der Waals surface area (Å²) in [7, 11) is 0. The van der Waals surface area contributed by atoms with Crippen molar-refractivity contribution in [3.63, 3.8) is 0 Å². The van der Waals surface area contributed by atoms with Crippen LogP contribution in [-0.4, -0.2) is 20.1 Å². The third-order valence-corrected chi connectivity index (χ3v) is 4.90. The Labute approximate surface area is 190 Å². The summed E-state index contributed by atoms with van der Waals surface area (Å²) in [6, 6.07) is 13.9. The maximum atomic E-state index is 11.2. The first-order valence-corrected chi connectivity index (χ1v) is 11.5. The molecule has 0 aliphatic heterocycles. The molecule has 3 heterocycles. The Morgan fingerprint density at radius 2 is 1.62 bits per heavy atom. The summed E-state index contributed by atoms with van der Waals surface area (Å²) < 4.78 is 5.17. The van der Waals surface area contributed by atoms with E-state index in [1.54, 1.807) is 17.2 Å². The van der Waals surface area contributed by atoms with Crippen LogP contribution in [0.2, 0.25) is 0 Å². The van der Waals surface area contributed by atoms with E-state index in [-0.39, 0.29) is 5.56 Å². The highest BCUT2D eigenvalue weighted by atomic mass is 16.5. The Balaban J connectivity index is 0.000000233. The third kappa shape index (κ3) is 6.87. The lowest BCUT2D eigenvalue weighted by Crippen LogP contribution is -2.06. The van der Waals surface area contributed by atoms with Crippen LogP contribution in [0.1, 0.15) is 62.4 Å². The van der Waals surface area contributed by atoms with Gasteiger partial charge in [-0.25, -0.2) is 9.97 Å². The van der Waals surface area contributed by atoms with Crippen LogP contribution in [0.25, 0.3) is 11.0 Å². The van der Waals surface area contributed by atoms with Gasteiger partial charge >= 0.3 is 0 Å². The number of rotatable bonds is 3. The van der Waals surface area contributed by atoms with Gasteiger partial charge in [-0.1, -0.05) is 57.1 Å². The SMILES string of the molecule is CC.CC.Cc1cc(CCc2ncnc3[nH]c(=O)ccc23)on1.c1ccc2c(c1)CCC2. The molecule has 32 heavy (non-hydrogen) atoms. The zero-order valence-electron chi connectivity index (χ0n) is 19.8. The van der Waals surface area contributed by atoms with Crippen LogP contribution in [0.4, 0.5) is 0 Å². The van der Waals surface area contributed by atoms with Gasteiger partial charge in [0.25, 0.3) is 0 Å². The highest BCUT2D eigenvalue weighted by Crippen LogP contribution is 2.20. The Morgan fingerprint density at radius 3 is 2.25 bits per heavy atom. The lowest BCUT2D eigenvalue weighted by Gasteiger charge is -2.02. The number of nitrogens with zero attached hydrogens (tertiary/aromatic N) is 3. The van der Waals surface area contributed by atoms with E-state index >= 15 is 0 Å². The number of H-pyrrole nitrogens is 1. The molecular weight excluding hydrogens is 400 g/mol. The van der Waals surface area contributed by atoms with Crippen molar-refractivity contribution in [3.8, 4) is 0 Å². The van der Waals surface area contributed by atoms with Crippen LogP contribution >= 0.6 is 0 Å². The number of fused-ring (bicyclic) bond motifs is 2. The molecule has 0 spiro atoms. The van der Waals surface area contributed by atoms with Crippen molar-refractivity contribution in [2.45, 2.75) is 66.7 Å². The maximum absolute atomic E-state index is 11.2. The lowest BCUT2D eigenvalue weighted by atomic mass is 10.1. The predicted octanol–water partition coefficient (Wildman–Crippen LogP) is 5.63. The molecule has 0 bridgehead atoms. The van der Waals surface area contributed by atoms with Gasteiger partial charge in [-0.15, -0.1) is 0 Å². The largest absolute Gasteiger partial charge is 0.361 e. The summed E-state index contributed by atoms with van der Waals surface area (Å²) in [4.78, 5) is 22.3. The predicted molar refractivity (Wildman–Crippen MR) is 130 cm³/mol. The number of benzene rings is 1. The highest BCUT2D eigenvalue weighted by Gasteiger charge is 2.08. The fourth-order valence-electron chi connectivity index (χ4n) is 3.51. The first-order chi connectivity index (χ1) is 15.7. The van der Waals surface area contributed by atoms with Crippen molar-refractivity contribution in [3.05, 3.63) is 87.4 Å². The van der Waals surface area contributed by atoms with E-state index in [2.05, 4.69) is 44.4 Å². The van der Waals surface area contributed by atoms with Crippen molar-refractivity contribution in [2.75, 3.05) is 0 Å². The minimum atomic E-state index is -0.164. The fourth-order valence-corrected chi connectivity index (χ4v) is 3.51. The van der Waals surface area contributed by atoms with E-state index in [4.69, 9.17) is 4.52 Å². The van der Waals surface area contributed by atoms with Crippen molar-refractivity contribution in [2.24, 2.45) is 0 Å². The molecule has 1 aliphatic rings. The molecule has 0 atom stereocenters. The third-order valence-electron chi connectivity index (χ3n) is 4.90. The summed E-state index contributed by atoms with van der Waals surface area (Å²) in [5, 5.41) is 4.71. The number of aromatic nitrogens is 4. The molecule has 5 rings (SSSR count). The average Bonchev–Trinajstić information content (AvgIpc) is 3.49.